The van der Waals surface area contributed by atoms with Crippen LogP contribution in [-0.4, -0.2) is 61.4 Å². The number of hydrogen-bond donors (Lipinski definition) is 0. The quantitative estimate of drug-likeness (QED) is 0.795. The lowest BCUT2D eigenvalue weighted by Gasteiger charge is -2.45. The van der Waals surface area contributed by atoms with Gasteiger partial charge in [-0.05, 0) is 44.4 Å². The lowest BCUT2D eigenvalue weighted by Crippen LogP contribution is -2.54. The largest absolute Gasteiger partial charge is 0.378 e. The van der Waals surface area contributed by atoms with Crippen LogP contribution >= 0.6 is 0 Å². The van der Waals surface area contributed by atoms with Crippen LogP contribution in [0.4, 0.5) is 0 Å². The first kappa shape index (κ1) is 14.9. The third-order valence-electron chi connectivity index (χ3n) is 5.73. The van der Waals surface area contributed by atoms with E-state index in [1.807, 2.05) is 0 Å². The van der Waals surface area contributed by atoms with Crippen molar-refractivity contribution in [3.05, 3.63) is 0 Å². The van der Waals surface area contributed by atoms with Crippen LogP contribution in [0.2, 0.25) is 0 Å². The predicted molar refractivity (Wildman–Crippen MR) is 82.0 cm³/mol. The van der Waals surface area contributed by atoms with E-state index in [-0.39, 0.29) is 17.9 Å². The summed E-state index contributed by atoms with van der Waals surface area (Å²) >= 11 is 0. The molecule has 4 aliphatic rings. The molecule has 4 fully saturated rings. The van der Waals surface area contributed by atoms with Gasteiger partial charge in [0.05, 0.1) is 12.7 Å². The highest BCUT2D eigenvalue weighted by molar-refractivity contribution is 5.78. The van der Waals surface area contributed by atoms with E-state index >= 15 is 0 Å². The first-order chi connectivity index (χ1) is 10.8. The van der Waals surface area contributed by atoms with Crippen LogP contribution in [-0.2, 0) is 14.4 Å². The standard InChI is InChI=1S/C17H28N2O3/c20-17(19-7-1-2-9-22-19)14-6-10-21-16-5-8-18(12-15(14)16)11-13-3-4-13/h13-16H,1-12H2/t14-,15+,16-/m1/s1. The van der Waals surface area contributed by atoms with E-state index in [4.69, 9.17) is 9.57 Å². The maximum absolute atomic E-state index is 12.9. The van der Waals surface area contributed by atoms with Crippen molar-refractivity contribution in [1.29, 1.82) is 0 Å². The second-order valence-corrected chi connectivity index (χ2v) is 7.44. The Balaban J connectivity index is 1.42. The summed E-state index contributed by atoms with van der Waals surface area (Å²) in [7, 11) is 0. The van der Waals surface area contributed by atoms with Crippen LogP contribution in [0.1, 0.15) is 38.5 Å². The van der Waals surface area contributed by atoms with Crippen LogP contribution in [0.15, 0.2) is 0 Å². The van der Waals surface area contributed by atoms with Crippen LogP contribution in [0, 0.1) is 17.8 Å². The fraction of sp³-hybridized carbons (Fsp3) is 0.941. The highest BCUT2D eigenvalue weighted by atomic mass is 16.7. The minimum atomic E-state index is 0.0962. The van der Waals surface area contributed by atoms with Gasteiger partial charge in [-0.2, -0.15) is 0 Å². The summed E-state index contributed by atoms with van der Waals surface area (Å²) in [6, 6.07) is 0. The normalized spacial score (nSPS) is 36.9. The molecule has 0 radical (unpaired) electrons. The number of nitrogens with zero attached hydrogens (tertiary/aromatic N) is 2. The zero-order chi connectivity index (χ0) is 14.9. The summed E-state index contributed by atoms with van der Waals surface area (Å²) in [6.45, 7) is 5.58. The Hall–Kier alpha value is -0.650. The molecule has 0 N–H and O–H groups in total. The maximum Gasteiger partial charge on any atom is 0.249 e. The Morgan fingerprint density at radius 3 is 2.73 bits per heavy atom. The van der Waals surface area contributed by atoms with Crippen molar-refractivity contribution >= 4 is 5.91 Å². The van der Waals surface area contributed by atoms with Crippen molar-refractivity contribution in [2.45, 2.75) is 44.6 Å². The lowest BCUT2D eigenvalue weighted by molar-refractivity contribution is -0.209. The number of hydroxylamine groups is 2. The number of carbonyl (C=O) groups excluding carboxylic acids is 1. The first-order valence-electron chi connectivity index (χ1n) is 9.09. The molecular weight excluding hydrogens is 280 g/mol. The maximum atomic E-state index is 12.9. The van der Waals surface area contributed by atoms with Crippen molar-refractivity contribution < 1.29 is 14.4 Å². The minimum absolute atomic E-state index is 0.0962. The zero-order valence-corrected chi connectivity index (χ0v) is 13.4. The molecule has 3 atom stereocenters. The van der Waals surface area contributed by atoms with Gasteiger partial charge in [-0.3, -0.25) is 9.63 Å². The molecule has 3 saturated heterocycles. The number of carbonyl (C=O) groups is 1. The van der Waals surface area contributed by atoms with Gasteiger partial charge in [-0.25, -0.2) is 5.06 Å². The molecule has 0 aromatic rings. The number of likely N-dealkylation sites (tertiary alicyclic amines) is 1. The van der Waals surface area contributed by atoms with E-state index in [0.717, 1.165) is 57.8 Å². The SMILES string of the molecule is O=C([C@@H]1CCO[C@@H]2CCN(CC3CC3)C[C@H]21)N1CCCCO1. The molecule has 22 heavy (non-hydrogen) atoms. The number of hydrogen-bond acceptors (Lipinski definition) is 4. The predicted octanol–water partition coefficient (Wildman–Crippen LogP) is 1.68. The molecule has 5 heteroatoms. The molecule has 0 aromatic heterocycles. The van der Waals surface area contributed by atoms with Gasteiger partial charge < -0.3 is 9.64 Å². The van der Waals surface area contributed by atoms with Gasteiger partial charge in [-0.1, -0.05) is 0 Å². The summed E-state index contributed by atoms with van der Waals surface area (Å²) in [6.07, 6.45) is 7.15. The van der Waals surface area contributed by atoms with E-state index in [1.54, 1.807) is 5.06 Å². The van der Waals surface area contributed by atoms with Gasteiger partial charge in [-0.15, -0.1) is 0 Å². The zero-order valence-electron chi connectivity index (χ0n) is 13.4. The van der Waals surface area contributed by atoms with Crippen molar-refractivity contribution in [2.24, 2.45) is 17.8 Å². The molecule has 3 aliphatic heterocycles. The molecule has 0 unspecified atom stereocenters. The van der Waals surface area contributed by atoms with Gasteiger partial charge in [0.1, 0.15) is 0 Å². The lowest BCUT2D eigenvalue weighted by atomic mass is 9.78. The third kappa shape index (κ3) is 3.17. The van der Waals surface area contributed by atoms with E-state index in [0.29, 0.717) is 12.5 Å². The summed E-state index contributed by atoms with van der Waals surface area (Å²) in [5, 5.41) is 1.65. The fourth-order valence-electron chi connectivity index (χ4n) is 4.28. The molecule has 4 rings (SSSR count). The Kier molecular flexibility index (Phi) is 4.38. The smallest absolute Gasteiger partial charge is 0.249 e. The van der Waals surface area contributed by atoms with Gasteiger partial charge in [0.2, 0.25) is 5.91 Å². The molecule has 0 bridgehead atoms. The van der Waals surface area contributed by atoms with Crippen LogP contribution in [0.3, 0.4) is 0 Å². The molecular formula is C17H28N2O3. The molecule has 0 aromatic carbocycles. The van der Waals surface area contributed by atoms with Crippen LogP contribution < -0.4 is 0 Å². The number of fused-ring (bicyclic) bond motifs is 1. The second kappa shape index (κ2) is 6.46. The summed E-state index contributed by atoms with van der Waals surface area (Å²) in [4.78, 5) is 21.1. The average molecular weight is 308 g/mol. The molecule has 3 heterocycles. The fourth-order valence-corrected chi connectivity index (χ4v) is 4.28. The minimum Gasteiger partial charge on any atom is -0.378 e. The Labute approximate surface area is 132 Å². The topological polar surface area (TPSA) is 42.0 Å². The van der Waals surface area contributed by atoms with E-state index < -0.39 is 0 Å². The van der Waals surface area contributed by atoms with Gasteiger partial charge in [0, 0.05) is 44.6 Å². The summed E-state index contributed by atoms with van der Waals surface area (Å²) in [5.74, 6) is 1.59. The van der Waals surface area contributed by atoms with Crippen molar-refractivity contribution in [3.63, 3.8) is 0 Å². The van der Waals surface area contributed by atoms with Gasteiger partial charge in [0.15, 0.2) is 0 Å². The second-order valence-electron chi connectivity index (χ2n) is 7.44. The summed E-state index contributed by atoms with van der Waals surface area (Å²) < 4.78 is 5.98. The molecule has 1 amide bonds. The highest BCUT2D eigenvalue weighted by Crippen LogP contribution is 2.37. The van der Waals surface area contributed by atoms with Gasteiger partial charge >= 0.3 is 0 Å². The Morgan fingerprint density at radius 1 is 1.05 bits per heavy atom. The molecule has 0 spiro atoms. The molecule has 124 valence electrons. The average Bonchev–Trinajstić information content (AvgIpc) is 3.38. The third-order valence-corrected chi connectivity index (χ3v) is 5.73. The number of ether oxygens (including phenoxy) is 1. The van der Waals surface area contributed by atoms with Crippen LogP contribution in [0.25, 0.3) is 0 Å². The van der Waals surface area contributed by atoms with E-state index in [1.165, 1.54) is 19.4 Å². The Bertz CT molecular complexity index is 407. The molecule has 1 aliphatic carbocycles. The highest BCUT2D eigenvalue weighted by Gasteiger charge is 2.44. The first-order valence-corrected chi connectivity index (χ1v) is 9.09. The van der Waals surface area contributed by atoms with E-state index in [2.05, 4.69) is 4.90 Å². The number of amides is 1. The van der Waals surface area contributed by atoms with Crippen molar-refractivity contribution in [1.82, 2.24) is 9.96 Å². The molecule has 1 saturated carbocycles. The number of rotatable bonds is 3. The monoisotopic (exact) mass is 308 g/mol. The van der Waals surface area contributed by atoms with Crippen molar-refractivity contribution in [2.75, 3.05) is 39.4 Å². The van der Waals surface area contributed by atoms with E-state index in [9.17, 15) is 4.79 Å². The Morgan fingerprint density at radius 2 is 1.95 bits per heavy atom. The van der Waals surface area contributed by atoms with Gasteiger partial charge in [0.25, 0.3) is 0 Å². The summed E-state index contributed by atoms with van der Waals surface area (Å²) in [5.41, 5.74) is 0. The number of piperidine rings is 1. The molecule has 5 nitrogen and oxygen atoms in total. The van der Waals surface area contributed by atoms with Crippen molar-refractivity contribution in [3.8, 4) is 0 Å². The van der Waals surface area contributed by atoms with Crippen LogP contribution in [0.5, 0.6) is 0 Å².